The Morgan fingerprint density at radius 3 is 2.67 bits per heavy atom. The topological polar surface area (TPSA) is 55.7 Å². The highest BCUT2D eigenvalue weighted by Gasteiger charge is 2.18. The molecule has 0 aliphatic carbocycles. The van der Waals surface area contributed by atoms with Gasteiger partial charge in [0.2, 0.25) is 0 Å². The number of halogens is 1. The molecule has 0 atom stereocenters. The highest BCUT2D eigenvalue weighted by Crippen LogP contribution is 2.33. The zero-order valence-electron chi connectivity index (χ0n) is 13.2. The number of H-pyrrole nitrogens is 1. The van der Waals surface area contributed by atoms with E-state index in [4.69, 9.17) is 4.74 Å². The fraction of sp³-hybridized carbons (Fsp3) is 0.111. The summed E-state index contributed by atoms with van der Waals surface area (Å²) in [5.41, 5.74) is 3.89. The second-order valence-electron chi connectivity index (χ2n) is 5.47. The maximum absolute atomic E-state index is 13.7. The third-order valence-electron chi connectivity index (χ3n) is 3.94. The summed E-state index contributed by atoms with van der Waals surface area (Å²) in [6.07, 6.45) is 0. The molecule has 2 aromatic carbocycles. The van der Waals surface area contributed by atoms with E-state index in [1.165, 1.54) is 12.1 Å². The molecule has 2 aromatic heterocycles. The number of benzene rings is 2. The summed E-state index contributed by atoms with van der Waals surface area (Å²) >= 11 is 0. The van der Waals surface area contributed by atoms with Crippen molar-refractivity contribution in [3.8, 4) is 28.4 Å². The molecular formula is C18H15FN4O. The Hall–Kier alpha value is -3.15. The second-order valence-corrected chi connectivity index (χ2v) is 5.47. The Morgan fingerprint density at radius 1 is 1.12 bits per heavy atom. The molecule has 4 rings (SSSR count). The van der Waals surface area contributed by atoms with Gasteiger partial charge in [0.1, 0.15) is 28.6 Å². The molecule has 0 saturated heterocycles. The highest BCUT2D eigenvalue weighted by molar-refractivity contribution is 5.90. The van der Waals surface area contributed by atoms with Gasteiger partial charge in [-0.1, -0.05) is 30.3 Å². The maximum Gasteiger partial charge on any atom is 0.177 e. The van der Waals surface area contributed by atoms with Crippen molar-refractivity contribution in [3.63, 3.8) is 0 Å². The first kappa shape index (κ1) is 14.4. The van der Waals surface area contributed by atoms with Gasteiger partial charge in [-0.05, 0) is 18.2 Å². The van der Waals surface area contributed by atoms with Crippen molar-refractivity contribution >= 4 is 11.2 Å². The summed E-state index contributed by atoms with van der Waals surface area (Å²) < 4.78 is 20.7. The fourth-order valence-electron chi connectivity index (χ4n) is 2.80. The van der Waals surface area contributed by atoms with E-state index in [-0.39, 0.29) is 5.82 Å². The predicted molar refractivity (Wildman–Crippen MR) is 90.2 cm³/mol. The van der Waals surface area contributed by atoms with Crippen LogP contribution in [-0.4, -0.2) is 26.9 Å². The Labute approximate surface area is 137 Å². The molecule has 0 radical (unpaired) electrons. The number of aromatic amines is 1. The predicted octanol–water partition coefficient (Wildman–Crippen LogP) is 3.78. The van der Waals surface area contributed by atoms with Gasteiger partial charge < -0.3 is 9.72 Å². The minimum Gasteiger partial charge on any atom is -0.496 e. The molecule has 0 fully saturated rings. The van der Waals surface area contributed by atoms with Gasteiger partial charge in [0, 0.05) is 12.6 Å². The molecule has 0 saturated carbocycles. The van der Waals surface area contributed by atoms with Gasteiger partial charge in [0.15, 0.2) is 5.65 Å². The van der Waals surface area contributed by atoms with Gasteiger partial charge in [0.05, 0.1) is 12.7 Å². The van der Waals surface area contributed by atoms with Crippen molar-refractivity contribution in [1.29, 1.82) is 0 Å². The van der Waals surface area contributed by atoms with E-state index in [0.717, 1.165) is 16.8 Å². The lowest BCUT2D eigenvalue weighted by molar-refractivity contribution is 0.415. The number of hydrogen-bond donors (Lipinski definition) is 1. The van der Waals surface area contributed by atoms with E-state index < -0.39 is 0 Å². The third-order valence-corrected chi connectivity index (χ3v) is 3.94. The van der Waals surface area contributed by atoms with Gasteiger partial charge in [0.25, 0.3) is 0 Å². The number of imidazole rings is 1. The molecule has 0 spiro atoms. The fourth-order valence-corrected chi connectivity index (χ4v) is 2.80. The molecule has 120 valence electrons. The molecule has 0 aliphatic rings. The van der Waals surface area contributed by atoms with E-state index in [1.807, 2.05) is 37.4 Å². The normalized spacial score (nSPS) is 11.1. The summed E-state index contributed by atoms with van der Waals surface area (Å²) in [5, 5.41) is 4.53. The number of nitrogens with one attached hydrogen (secondary N) is 1. The van der Waals surface area contributed by atoms with E-state index in [9.17, 15) is 4.39 Å². The highest BCUT2D eigenvalue weighted by atomic mass is 19.1. The van der Waals surface area contributed by atoms with Crippen LogP contribution in [0.4, 0.5) is 4.39 Å². The van der Waals surface area contributed by atoms with Crippen LogP contribution < -0.4 is 4.74 Å². The van der Waals surface area contributed by atoms with Crippen molar-refractivity contribution < 1.29 is 9.13 Å². The van der Waals surface area contributed by atoms with Gasteiger partial charge in [-0.2, -0.15) is 5.10 Å². The summed E-state index contributed by atoms with van der Waals surface area (Å²) in [6, 6.07) is 14.2. The van der Waals surface area contributed by atoms with Gasteiger partial charge >= 0.3 is 0 Å². The molecule has 0 bridgehead atoms. The Morgan fingerprint density at radius 2 is 1.92 bits per heavy atom. The number of aromatic nitrogens is 4. The SMILES string of the molecule is COc1ccc(F)cc1-c1nc2c([nH]1)c(-c1ccccc1)nn2C. The number of hydrogen-bond acceptors (Lipinski definition) is 3. The Bertz CT molecular complexity index is 1020. The summed E-state index contributed by atoms with van der Waals surface area (Å²) in [7, 11) is 3.39. The molecule has 6 heteroatoms. The van der Waals surface area contributed by atoms with Crippen LogP contribution in [0.2, 0.25) is 0 Å². The first-order valence-electron chi connectivity index (χ1n) is 7.49. The lowest BCUT2D eigenvalue weighted by Gasteiger charge is -2.05. The van der Waals surface area contributed by atoms with Crippen LogP contribution in [0.1, 0.15) is 0 Å². The largest absolute Gasteiger partial charge is 0.496 e. The molecule has 2 heterocycles. The number of rotatable bonds is 3. The quantitative estimate of drug-likeness (QED) is 0.624. The number of nitrogens with zero attached hydrogens (tertiary/aromatic N) is 3. The second kappa shape index (κ2) is 5.49. The molecule has 0 amide bonds. The number of fused-ring (bicyclic) bond motifs is 1. The van der Waals surface area contributed by atoms with Gasteiger partial charge in [-0.15, -0.1) is 0 Å². The molecule has 5 nitrogen and oxygen atoms in total. The first-order chi connectivity index (χ1) is 11.7. The monoisotopic (exact) mass is 322 g/mol. The minimum absolute atomic E-state index is 0.340. The van der Waals surface area contributed by atoms with Crippen molar-refractivity contribution in [2.75, 3.05) is 7.11 Å². The van der Waals surface area contributed by atoms with Crippen LogP contribution in [-0.2, 0) is 7.05 Å². The lowest BCUT2D eigenvalue weighted by Crippen LogP contribution is -1.94. The third kappa shape index (κ3) is 2.23. The van der Waals surface area contributed by atoms with Crippen molar-refractivity contribution in [2.24, 2.45) is 7.05 Å². The van der Waals surface area contributed by atoms with Crippen LogP contribution in [0, 0.1) is 5.82 Å². The van der Waals surface area contributed by atoms with Crippen LogP contribution in [0.25, 0.3) is 33.8 Å². The maximum atomic E-state index is 13.7. The molecule has 24 heavy (non-hydrogen) atoms. The Kier molecular flexibility index (Phi) is 3.30. The van der Waals surface area contributed by atoms with Crippen molar-refractivity contribution in [3.05, 3.63) is 54.3 Å². The molecule has 0 aliphatic heterocycles. The first-order valence-corrected chi connectivity index (χ1v) is 7.49. The van der Waals surface area contributed by atoms with E-state index in [1.54, 1.807) is 17.9 Å². The Balaban J connectivity index is 1.93. The summed E-state index contributed by atoms with van der Waals surface area (Å²) in [6.45, 7) is 0. The van der Waals surface area contributed by atoms with Crippen LogP contribution in [0.3, 0.4) is 0 Å². The van der Waals surface area contributed by atoms with Crippen LogP contribution in [0.15, 0.2) is 48.5 Å². The zero-order valence-corrected chi connectivity index (χ0v) is 13.2. The van der Waals surface area contributed by atoms with E-state index >= 15 is 0 Å². The van der Waals surface area contributed by atoms with Crippen molar-refractivity contribution in [1.82, 2.24) is 19.7 Å². The number of aryl methyl sites for hydroxylation is 1. The average molecular weight is 322 g/mol. The smallest absolute Gasteiger partial charge is 0.177 e. The number of ether oxygens (including phenoxy) is 1. The van der Waals surface area contributed by atoms with E-state index in [2.05, 4.69) is 15.1 Å². The molecular weight excluding hydrogens is 307 g/mol. The molecule has 0 unspecified atom stereocenters. The zero-order chi connectivity index (χ0) is 16.7. The average Bonchev–Trinajstić information content (AvgIpc) is 3.16. The standard InChI is InChI=1S/C18H15FN4O/c1-23-18-16(15(22-23)11-6-4-3-5-7-11)20-17(21-18)13-10-12(19)8-9-14(13)24-2/h3-10H,1-2H3,(H,20,21). The van der Waals surface area contributed by atoms with Crippen LogP contribution >= 0.6 is 0 Å². The van der Waals surface area contributed by atoms with Gasteiger partial charge in [-0.3, -0.25) is 0 Å². The molecule has 1 N–H and O–H groups in total. The van der Waals surface area contributed by atoms with E-state index in [0.29, 0.717) is 22.8 Å². The van der Waals surface area contributed by atoms with Gasteiger partial charge in [-0.25, -0.2) is 14.1 Å². The minimum atomic E-state index is -0.340. The summed E-state index contributed by atoms with van der Waals surface area (Å²) in [5.74, 6) is 0.767. The van der Waals surface area contributed by atoms with Crippen molar-refractivity contribution in [2.45, 2.75) is 0 Å². The molecule has 4 aromatic rings. The summed E-state index contributed by atoms with van der Waals surface area (Å²) in [4.78, 5) is 7.84. The lowest BCUT2D eigenvalue weighted by atomic mass is 10.1. The van der Waals surface area contributed by atoms with Crippen LogP contribution in [0.5, 0.6) is 5.75 Å². The number of methoxy groups -OCH3 is 1.